The lowest BCUT2D eigenvalue weighted by Crippen LogP contribution is -2.25. The molecule has 0 saturated heterocycles. The van der Waals surface area contributed by atoms with E-state index in [0.717, 1.165) is 0 Å². The molecular weight excluding hydrogens is 319 g/mol. The van der Waals surface area contributed by atoms with Crippen LogP contribution in [0.4, 0.5) is 16.0 Å². The highest BCUT2D eigenvalue weighted by atomic mass is 19.1. The fraction of sp³-hybridized carbons (Fsp3) is 0.105. The molecule has 1 aromatic heterocycles. The standard InChI is InChI=1S/C19H15FN4O/c1-19(25,14-3-2-4-15(20)11-14)17-9-10-22-18(24-17)23-16-7-5-13(12-21)6-8-16/h2-11,25H,1H3,(H,22,23,24). The summed E-state index contributed by atoms with van der Waals surface area (Å²) in [5.41, 5.74) is 0.530. The number of nitrogens with one attached hydrogen (secondary N) is 1. The minimum Gasteiger partial charge on any atom is -0.379 e. The van der Waals surface area contributed by atoms with Gasteiger partial charge in [0.05, 0.1) is 17.3 Å². The van der Waals surface area contributed by atoms with Gasteiger partial charge in [0.15, 0.2) is 0 Å². The smallest absolute Gasteiger partial charge is 0.227 e. The molecule has 124 valence electrons. The number of rotatable bonds is 4. The number of aliphatic hydroxyl groups is 1. The van der Waals surface area contributed by atoms with Crippen molar-refractivity contribution in [2.45, 2.75) is 12.5 Å². The number of benzene rings is 2. The van der Waals surface area contributed by atoms with Gasteiger partial charge >= 0.3 is 0 Å². The molecule has 1 heterocycles. The number of anilines is 2. The Kier molecular flexibility index (Phi) is 4.42. The Morgan fingerprint density at radius 3 is 2.60 bits per heavy atom. The molecule has 0 bridgehead atoms. The molecule has 0 fully saturated rings. The van der Waals surface area contributed by atoms with E-state index in [0.29, 0.717) is 28.5 Å². The summed E-state index contributed by atoms with van der Waals surface area (Å²) >= 11 is 0. The predicted molar refractivity (Wildman–Crippen MR) is 91.5 cm³/mol. The van der Waals surface area contributed by atoms with Crippen molar-refractivity contribution in [2.75, 3.05) is 5.32 Å². The van der Waals surface area contributed by atoms with Crippen LogP contribution in [0.2, 0.25) is 0 Å². The van der Waals surface area contributed by atoms with Crippen molar-refractivity contribution in [3.8, 4) is 6.07 Å². The van der Waals surface area contributed by atoms with Crippen molar-refractivity contribution in [1.82, 2.24) is 9.97 Å². The van der Waals surface area contributed by atoms with Crippen LogP contribution in [0.5, 0.6) is 0 Å². The van der Waals surface area contributed by atoms with Gasteiger partial charge in [0.1, 0.15) is 11.4 Å². The van der Waals surface area contributed by atoms with Gasteiger partial charge in [0, 0.05) is 11.9 Å². The van der Waals surface area contributed by atoms with E-state index in [1.54, 1.807) is 43.3 Å². The van der Waals surface area contributed by atoms with Crippen LogP contribution in [0.15, 0.2) is 60.8 Å². The second-order valence-corrected chi connectivity index (χ2v) is 5.66. The van der Waals surface area contributed by atoms with E-state index in [1.807, 2.05) is 6.07 Å². The quantitative estimate of drug-likeness (QED) is 0.763. The van der Waals surface area contributed by atoms with Gasteiger partial charge in [0.2, 0.25) is 5.95 Å². The summed E-state index contributed by atoms with van der Waals surface area (Å²) < 4.78 is 13.5. The maximum Gasteiger partial charge on any atom is 0.227 e. The largest absolute Gasteiger partial charge is 0.379 e. The van der Waals surface area contributed by atoms with Crippen LogP contribution in [0.25, 0.3) is 0 Å². The number of nitriles is 1. The van der Waals surface area contributed by atoms with Crippen LogP contribution in [0, 0.1) is 17.1 Å². The molecule has 0 radical (unpaired) electrons. The maximum absolute atomic E-state index is 13.5. The molecule has 0 aliphatic heterocycles. The summed E-state index contributed by atoms with van der Waals surface area (Å²) in [6.07, 6.45) is 1.52. The summed E-state index contributed by atoms with van der Waals surface area (Å²) in [5, 5.41) is 22.7. The van der Waals surface area contributed by atoms with E-state index in [2.05, 4.69) is 15.3 Å². The Hall–Kier alpha value is -3.30. The van der Waals surface area contributed by atoms with Crippen LogP contribution < -0.4 is 5.32 Å². The number of hydrogen-bond acceptors (Lipinski definition) is 5. The Morgan fingerprint density at radius 1 is 1.16 bits per heavy atom. The molecular formula is C19H15FN4O. The highest BCUT2D eigenvalue weighted by Gasteiger charge is 2.28. The van der Waals surface area contributed by atoms with Gasteiger partial charge in [-0.1, -0.05) is 12.1 Å². The first-order valence-electron chi connectivity index (χ1n) is 7.58. The van der Waals surface area contributed by atoms with E-state index in [4.69, 9.17) is 5.26 Å². The third kappa shape index (κ3) is 3.62. The Labute approximate surface area is 144 Å². The van der Waals surface area contributed by atoms with Gasteiger partial charge in [0.25, 0.3) is 0 Å². The molecule has 0 aliphatic carbocycles. The first-order chi connectivity index (χ1) is 12.0. The average Bonchev–Trinajstić information content (AvgIpc) is 2.62. The van der Waals surface area contributed by atoms with Crippen molar-refractivity contribution in [1.29, 1.82) is 5.26 Å². The highest BCUT2D eigenvalue weighted by Crippen LogP contribution is 2.28. The monoisotopic (exact) mass is 334 g/mol. The first kappa shape index (κ1) is 16.6. The second-order valence-electron chi connectivity index (χ2n) is 5.66. The Bertz CT molecular complexity index is 933. The summed E-state index contributed by atoms with van der Waals surface area (Å²) in [6, 6.07) is 16.2. The van der Waals surface area contributed by atoms with Crippen LogP contribution in [0.1, 0.15) is 23.7 Å². The van der Waals surface area contributed by atoms with Gasteiger partial charge in [-0.15, -0.1) is 0 Å². The molecule has 2 N–H and O–H groups in total. The molecule has 2 aromatic carbocycles. The number of nitrogens with zero attached hydrogens (tertiary/aromatic N) is 3. The topological polar surface area (TPSA) is 81.8 Å². The average molecular weight is 334 g/mol. The SMILES string of the molecule is CC(O)(c1cccc(F)c1)c1ccnc(Nc2ccc(C#N)cc2)n1. The molecule has 3 rings (SSSR count). The zero-order valence-electron chi connectivity index (χ0n) is 13.4. The zero-order valence-corrected chi connectivity index (χ0v) is 13.4. The Morgan fingerprint density at radius 2 is 1.92 bits per heavy atom. The first-order valence-corrected chi connectivity index (χ1v) is 7.58. The molecule has 1 atom stereocenters. The number of hydrogen-bond donors (Lipinski definition) is 2. The third-order valence-electron chi connectivity index (χ3n) is 3.81. The highest BCUT2D eigenvalue weighted by molar-refractivity contribution is 5.55. The molecule has 0 saturated carbocycles. The predicted octanol–water partition coefficient (Wildman–Crippen LogP) is 3.49. The molecule has 25 heavy (non-hydrogen) atoms. The fourth-order valence-corrected chi connectivity index (χ4v) is 2.39. The maximum atomic E-state index is 13.5. The van der Waals surface area contributed by atoms with Gasteiger partial charge in [-0.25, -0.2) is 14.4 Å². The summed E-state index contributed by atoms with van der Waals surface area (Å²) in [4.78, 5) is 8.46. The zero-order chi connectivity index (χ0) is 17.9. The van der Waals surface area contributed by atoms with E-state index >= 15 is 0 Å². The molecule has 3 aromatic rings. The molecule has 0 amide bonds. The van der Waals surface area contributed by atoms with Crippen LogP contribution in [-0.4, -0.2) is 15.1 Å². The second kappa shape index (κ2) is 6.67. The van der Waals surface area contributed by atoms with Gasteiger partial charge in [-0.05, 0) is 55.0 Å². The lowest BCUT2D eigenvalue weighted by molar-refractivity contribution is 0.0970. The molecule has 1 unspecified atom stereocenters. The lowest BCUT2D eigenvalue weighted by Gasteiger charge is -2.23. The summed E-state index contributed by atoms with van der Waals surface area (Å²) in [5.74, 6) is -0.137. The van der Waals surface area contributed by atoms with E-state index in [9.17, 15) is 9.50 Å². The normalized spacial score (nSPS) is 12.9. The number of aromatic nitrogens is 2. The van der Waals surface area contributed by atoms with Crippen molar-refractivity contribution < 1.29 is 9.50 Å². The molecule has 0 spiro atoms. The lowest BCUT2D eigenvalue weighted by atomic mass is 9.92. The van der Waals surface area contributed by atoms with Crippen LogP contribution in [0.3, 0.4) is 0 Å². The minimum atomic E-state index is -1.47. The summed E-state index contributed by atoms with van der Waals surface area (Å²) in [6.45, 7) is 1.55. The Balaban J connectivity index is 1.89. The van der Waals surface area contributed by atoms with Crippen molar-refractivity contribution >= 4 is 11.6 Å². The molecule has 6 heteroatoms. The summed E-state index contributed by atoms with van der Waals surface area (Å²) in [7, 11) is 0. The van der Waals surface area contributed by atoms with Gasteiger partial charge in [-0.2, -0.15) is 5.26 Å². The van der Waals surface area contributed by atoms with Gasteiger partial charge in [-0.3, -0.25) is 0 Å². The molecule has 5 nitrogen and oxygen atoms in total. The van der Waals surface area contributed by atoms with Crippen LogP contribution in [-0.2, 0) is 5.60 Å². The van der Waals surface area contributed by atoms with Crippen molar-refractivity contribution in [3.05, 3.63) is 83.4 Å². The van der Waals surface area contributed by atoms with Gasteiger partial charge < -0.3 is 10.4 Å². The van der Waals surface area contributed by atoms with Crippen molar-refractivity contribution in [2.24, 2.45) is 0 Å². The minimum absolute atomic E-state index is 0.291. The third-order valence-corrected chi connectivity index (χ3v) is 3.81. The fourth-order valence-electron chi connectivity index (χ4n) is 2.39. The molecule has 0 aliphatic rings. The van der Waals surface area contributed by atoms with Crippen LogP contribution >= 0.6 is 0 Å². The van der Waals surface area contributed by atoms with E-state index in [-0.39, 0.29) is 0 Å². The number of halogens is 1. The van der Waals surface area contributed by atoms with E-state index < -0.39 is 11.4 Å². The van der Waals surface area contributed by atoms with E-state index in [1.165, 1.54) is 24.4 Å². The van der Waals surface area contributed by atoms with Crippen molar-refractivity contribution in [3.63, 3.8) is 0 Å².